The summed E-state index contributed by atoms with van der Waals surface area (Å²) in [5.74, 6) is 1.22. The maximum absolute atomic E-state index is 12.6. The van der Waals surface area contributed by atoms with E-state index in [1.165, 1.54) is 35.9 Å². The molecule has 1 aromatic heterocycles. The first kappa shape index (κ1) is 17.7. The monoisotopic (exact) mass is 356 g/mol. The number of amides is 1. The van der Waals surface area contributed by atoms with Gasteiger partial charge in [-0.3, -0.25) is 9.89 Å². The molecule has 1 amide bonds. The second kappa shape index (κ2) is 8.34. The van der Waals surface area contributed by atoms with E-state index >= 15 is 0 Å². The molecule has 25 heavy (non-hydrogen) atoms. The lowest BCUT2D eigenvalue weighted by atomic mass is 10.0. The summed E-state index contributed by atoms with van der Waals surface area (Å²) in [4.78, 5) is 19.0. The van der Waals surface area contributed by atoms with E-state index in [1.54, 1.807) is 0 Å². The smallest absolute Gasteiger partial charge is 0.237 e. The van der Waals surface area contributed by atoms with Crippen LogP contribution in [-0.4, -0.2) is 38.3 Å². The van der Waals surface area contributed by atoms with Gasteiger partial charge in [-0.2, -0.15) is 0 Å². The number of hydrogen-bond acceptors (Lipinski definition) is 4. The molecule has 0 unspecified atom stereocenters. The summed E-state index contributed by atoms with van der Waals surface area (Å²) in [7, 11) is 0. The lowest BCUT2D eigenvalue weighted by molar-refractivity contribution is -0.126. The molecule has 1 aromatic carbocycles. The SMILES string of the molecule is CCN(C(=O)CSc1n[nH]c(-c2ccc(C)cc2)n1)C1=CCCCC1. The number of aromatic amines is 1. The van der Waals surface area contributed by atoms with Gasteiger partial charge in [0.2, 0.25) is 11.1 Å². The summed E-state index contributed by atoms with van der Waals surface area (Å²) in [5, 5.41) is 7.79. The number of carbonyl (C=O) groups excluding carboxylic acids is 1. The van der Waals surface area contributed by atoms with Crippen molar-refractivity contribution in [2.45, 2.75) is 44.7 Å². The van der Waals surface area contributed by atoms with Crippen LogP contribution in [0.3, 0.4) is 0 Å². The van der Waals surface area contributed by atoms with Crippen LogP contribution in [0.5, 0.6) is 0 Å². The molecule has 132 valence electrons. The number of hydrogen-bond donors (Lipinski definition) is 1. The van der Waals surface area contributed by atoms with Gasteiger partial charge < -0.3 is 4.90 Å². The van der Waals surface area contributed by atoms with Gasteiger partial charge in [-0.05, 0) is 39.5 Å². The number of benzene rings is 1. The van der Waals surface area contributed by atoms with Crippen molar-refractivity contribution >= 4 is 17.7 Å². The highest BCUT2D eigenvalue weighted by Gasteiger charge is 2.18. The summed E-state index contributed by atoms with van der Waals surface area (Å²) < 4.78 is 0. The molecule has 0 bridgehead atoms. The minimum Gasteiger partial charge on any atom is -0.316 e. The number of thioether (sulfide) groups is 1. The molecule has 1 N–H and O–H groups in total. The van der Waals surface area contributed by atoms with Crippen LogP contribution in [0.2, 0.25) is 0 Å². The van der Waals surface area contributed by atoms with E-state index in [9.17, 15) is 4.79 Å². The number of aryl methyl sites for hydroxylation is 1. The summed E-state index contributed by atoms with van der Waals surface area (Å²) in [6.45, 7) is 4.80. The Morgan fingerprint density at radius 3 is 2.76 bits per heavy atom. The zero-order valence-electron chi connectivity index (χ0n) is 14.8. The van der Waals surface area contributed by atoms with Crippen LogP contribution in [0.1, 0.15) is 38.2 Å². The molecule has 5 nitrogen and oxygen atoms in total. The third-order valence-electron chi connectivity index (χ3n) is 4.35. The fraction of sp³-hybridized carbons (Fsp3) is 0.421. The highest BCUT2D eigenvalue weighted by atomic mass is 32.2. The maximum atomic E-state index is 12.6. The molecular formula is C19H24N4OS. The van der Waals surface area contributed by atoms with Crippen LogP contribution in [0.15, 0.2) is 41.2 Å². The topological polar surface area (TPSA) is 61.9 Å². The molecule has 6 heteroatoms. The lowest BCUT2D eigenvalue weighted by Crippen LogP contribution is -2.32. The zero-order valence-corrected chi connectivity index (χ0v) is 15.6. The van der Waals surface area contributed by atoms with Gasteiger partial charge in [0.25, 0.3) is 0 Å². The third-order valence-corrected chi connectivity index (χ3v) is 5.18. The molecule has 0 aliphatic heterocycles. The number of rotatable bonds is 6. The van der Waals surface area contributed by atoms with Crippen LogP contribution in [0.25, 0.3) is 11.4 Å². The normalized spacial score (nSPS) is 14.2. The first-order chi connectivity index (χ1) is 12.2. The molecule has 1 heterocycles. The molecule has 3 rings (SSSR count). The molecule has 0 atom stereocenters. The number of aromatic nitrogens is 3. The second-order valence-electron chi connectivity index (χ2n) is 6.20. The van der Waals surface area contributed by atoms with E-state index in [-0.39, 0.29) is 5.91 Å². The van der Waals surface area contributed by atoms with Crippen molar-refractivity contribution in [3.63, 3.8) is 0 Å². The summed E-state index contributed by atoms with van der Waals surface area (Å²) in [6, 6.07) is 8.13. The number of allylic oxidation sites excluding steroid dienone is 2. The predicted molar refractivity (Wildman–Crippen MR) is 101 cm³/mol. The standard InChI is InChI=1S/C19H24N4OS/c1-3-23(16-7-5-4-6-8-16)17(24)13-25-19-20-18(21-22-19)15-11-9-14(2)10-12-15/h7,9-12H,3-6,8,13H2,1-2H3,(H,20,21,22). The zero-order chi connectivity index (χ0) is 17.6. The second-order valence-corrected chi connectivity index (χ2v) is 7.14. The Morgan fingerprint density at radius 2 is 2.08 bits per heavy atom. The molecule has 0 spiro atoms. The Kier molecular flexibility index (Phi) is 5.91. The van der Waals surface area contributed by atoms with Crippen molar-refractivity contribution in [3.8, 4) is 11.4 Å². The number of H-pyrrole nitrogens is 1. The maximum Gasteiger partial charge on any atom is 0.237 e. The van der Waals surface area contributed by atoms with Crippen molar-refractivity contribution in [1.29, 1.82) is 0 Å². The summed E-state index contributed by atoms with van der Waals surface area (Å²) in [6.07, 6.45) is 6.68. The Balaban J connectivity index is 1.60. The van der Waals surface area contributed by atoms with Gasteiger partial charge >= 0.3 is 0 Å². The molecule has 0 fully saturated rings. The van der Waals surface area contributed by atoms with Crippen LogP contribution >= 0.6 is 11.8 Å². The van der Waals surface area contributed by atoms with Gasteiger partial charge in [-0.1, -0.05) is 47.7 Å². The van der Waals surface area contributed by atoms with Gasteiger partial charge in [0.05, 0.1) is 5.75 Å². The predicted octanol–water partition coefficient (Wildman–Crippen LogP) is 4.18. The lowest BCUT2D eigenvalue weighted by Gasteiger charge is -2.26. The Bertz CT molecular complexity index is 751. The largest absolute Gasteiger partial charge is 0.316 e. The van der Waals surface area contributed by atoms with E-state index in [1.807, 2.05) is 36.1 Å². The Hall–Kier alpha value is -2.08. The average Bonchev–Trinajstić information content (AvgIpc) is 3.11. The van der Waals surface area contributed by atoms with Crippen molar-refractivity contribution in [3.05, 3.63) is 41.6 Å². The molecule has 0 saturated heterocycles. The fourth-order valence-electron chi connectivity index (χ4n) is 2.96. The van der Waals surface area contributed by atoms with Crippen molar-refractivity contribution in [1.82, 2.24) is 20.1 Å². The summed E-state index contributed by atoms with van der Waals surface area (Å²) >= 11 is 1.38. The number of nitrogens with one attached hydrogen (secondary N) is 1. The van der Waals surface area contributed by atoms with Crippen molar-refractivity contribution in [2.75, 3.05) is 12.3 Å². The van der Waals surface area contributed by atoms with Crippen molar-refractivity contribution in [2.24, 2.45) is 0 Å². The van der Waals surface area contributed by atoms with Gasteiger partial charge in [-0.25, -0.2) is 4.98 Å². The van der Waals surface area contributed by atoms with E-state index in [0.29, 0.717) is 17.5 Å². The fourth-order valence-corrected chi connectivity index (χ4v) is 3.64. The third kappa shape index (κ3) is 4.51. The van der Waals surface area contributed by atoms with Crippen LogP contribution in [0.4, 0.5) is 0 Å². The minimum absolute atomic E-state index is 0.127. The molecular weight excluding hydrogens is 332 g/mol. The molecule has 1 aliphatic carbocycles. The summed E-state index contributed by atoms with van der Waals surface area (Å²) in [5.41, 5.74) is 3.38. The average molecular weight is 356 g/mol. The van der Waals surface area contributed by atoms with Crippen LogP contribution in [0, 0.1) is 6.92 Å². The highest BCUT2D eigenvalue weighted by molar-refractivity contribution is 7.99. The number of carbonyl (C=O) groups is 1. The molecule has 1 aliphatic rings. The van der Waals surface area contributed by atoms with Gasteiger partial charge in [0.1, 0.15) is 0 Å². The first-order valence-corrected chi connectivity index (χ1v) is 9.77. The minimum atomic E-state index is 0.127. The highest BCUT2D eigenvalue weighted by Crippen LogP contribution is 2.23. The molecule has 0 saturated carbocycles. The van der Waals surface area contributed by atoms with Gasteiger partial charge in [-0.15, -0.1) is 5.10 Å². The van der Waals surface area contributed by atoms with E-state index in [0.717, 1.165) is 24.2 Å². The molecule has 0 radical (unpaired) electrons. The number of nitrogens with zero attached hydrogens (tertiary/aromatic N) is 3. The van der Waals surface area contributed by atoms with Gasteiger partial charge in [0, 0.05) is 17.8 Å². The quantitative estimate of drug-likeness (QED) is 0.789. The first-order valence-electron chi connectivity index (χ1n) is 8.79. The Morgan fingerprint density at radius 1 is 1.28 bits per heavy atom. The molecule has 2 aromatic rings. The van der Waals surface area contributed by atoms with Gasteiger partial charge in [0.15, 0.2) is 5.82 Å². The van der Waals surface area contributed by atoms with E-state index in [4.69, 9.17) is 0 Å². The Labute approximate surface area is 152 Å². The van der Waals surface area contributed by atoms with Crippen molar-refractivity contribution < 1.29 is 4.79 Å². The van der Waals surface area contributed by atoms with E-state index in [2.05, 4.69) is 28.2 Å². The van der Waals surface area contributed by atoms with Crippen LogP contribution < -0.4 is 0 Å². The van der Waals surface area contributed by atoms with Crippen LogP contribution in [-0.2, 0) is 4.79 Å². The van der Waals surface area contributed by atoms with E-state index < -0.39 is 0 Å².